The number of hydrogen-bond acceptors (Lipinski definition) is 2. The van der Waals surface area contributed by atoms with Gasteiger partial charge in [-0.05, 0) is 37.2 Å². The molecule has 0 radical (unpaired) electrons. The summed E-state index contributed by atoms with van der Waals surface area (Å²) in [6.45, 7) is 5.43. The molecule has 0 aliphatic carbocycles. The van der Waals surface area contributed by atoms with Crippen LogP contribution in [0, 0.1) is 5.82 Å². The molecule has 2 rings (SSSR count). The summed E-state index contributed by atoms with van der Waals surface area (Å²) >= 11 is 3.46. The van der Waals surface area contributed by atoms with Crippen molar-refractivity contribution in [2.45, 2.75) is 19.9 Å². The van der Waals surface area contributed by atoms with E-state index in [0.29, 0.717) is 6.61 Å². The van der Waals surface area contributed by atoms with E-state index in [1.54, 1.807) is 6.07 Å². The lowest BCUT2D eigenvalue weighted by atomic mass is 9.97. The van der Waals surface area contributed by atoms with Crippen LogP contribution >= 0.6 is 15.9 Å². The maximum absolute atomic E-state index is 13.3. The molecule has 112 valence electrons. The summed E-state index contributed by atoms with van der Waals surface area (Å²) in [6, 6.07) is 12.7. The van der Waals surface area contributed by atoms with Crippen LogP contribution in [-0.4, -0.2) is 13.2 Å². The fourth-order valence-electron chi connectivity index (χ4n) is 2.33. The molecule has 1 unspecified atom stereocenters. The first-order valence-electron chi connectivity index (χ1n) is 7.07. The van der Waals surface area contributed by atoms with Crippen LogP contribution in [0.4, 0.5) is 4.39 Å². The van der Waals surface area contributed by atoms with Gasteiger partial charge in [0.15, 0.2) is 0 Å². The van der Waals surface area contributed by atoms with Crippen molar-refractivity contribution < 1.29 is 9.13 Å². The largest absolute Gasteiger partial charge is 0.494 e. The van der Waals surface area contributed by atoms with Gasteiger partial charge in [-0.2, -0.15) is 0 Å². The highest BCUT2D eigenvalue weighted by atomic mass is 79.9. The van der Waals surface area contributed by atoms with E-state index >= 15 is 0 Å². The van der Waals surface area contributed by atoms with Crippen molar-refractivity contribution in [3.8, 4) is 5.75 Å². The van der Waals surface area contributed by atoms with Crippen LogP contribution in [-0.2, 0) is 0 Å². The Morgan fingerprint density at radius 2 is 1.90 bits per heavy atom. The van der Waals surface area contributed by atoms with Crippen molar-refractivity contribution in [1.82, 2.24) is 5.32 Å². The fourth-order valence-corrected chi connectivity index (χ4v) is 2.91. The first-order chi connectivity index (χ1) is 10.2. The van der Waals surface area contributed by atoms with Gasteiger partial charge < -0.3 is 10.1 Å². The molecule has 2 aromatic rings. The average molecular weight is 352 g/mol. The summed E-state index contributed by atoms with van der Waals surface area (Å²) in [6.07, 6.45) is 0. The second-order valence-corrected chi connectivity index (χ2v) is 5.48. The van der Waals surface area contributed by atoms with Gasteiger partial charge in [-0.3, -0.25) is 0 Å². The Morgan fingerprint density at radius 1 is 1.14 bits per heavy atom. The van der Waals surface area contributed by atoms with Crippen LogP contribution in [0.3, 0.4) is 0 Å². The highest BCUT2D eigenvalue weighted by Crippen LogP contribution is 2.34. The maximum Gasteiger partial charge on any atom is 0.124 e. The molecule has 1 atom stereocenters. The minimum absolute atomic E-state index is 0.0484. The molecule has 0 saturated heterocycles. The highest BCUT2D eigenvalue weighted by Gasteiger charge is 2.19. The van der Waals surface area contributed by atoms with Gasteiger partial charge in [-0.25, -0.2) is 4.39 Å². The van der Waals surface area contributed by atoms with E-state index in [1.165, 1.54) is 12.1 Å². The standard InChI is InChI=1S/C17H19BrFNO/c1-3-20-17(13-10-9-12(19)11-15(13)18)14-7-5-6-8-16(14)21-4-2/h5-11,17,20H,3-4H2,1-2H3. The molecule has 0 spiro atoms. The SMILES string of the molecule is CCNC(c1ccc(F)cc1Br)c1ccccc1OCC. The van der Waals surface area contributed by atoms with Crippen LogP contribution in [0.1, 0.15) is 31.0 Å². The summed E-state index contributed by atoms with van der Waals surface area (Å²) in [5.41, 5.74) is 2.04. The molecule has 2 nitrogen and oxygen atoms in total. The molecule has 0 aromatic heterocycles. The topological polar surface area (TPSA) is 21.3 Å². The Bertz CT molecular complexity index is 603. The minimum atomic E-state index is -0.251. The van der Waals surface area contributed by atoms with Crippen molar-refractivity contribution in [2.75, 3.05) is 13.2 Å². The van der Waals surface area contributed by atoms with Crippen LogP contribution in [0.5, 0.6) is 5.75 Å². The Morgan fingerprint density at radius 3 is 2.57 bits per heavy atom. The van der Waals surface area contributed by atoms with Crippen molar-refractivity contribution in [2.24, 2.45) is 0 Å². The molecular weight excluding hydrogens is 333 g/mol. The fraction of sp³-hybridized carbons (Fsp3) is 0.294. The van der Waals surface area contributed by atoms with Crippen LogP contribution < -0.4 is 10.1 Å². The summed E-state index contributed by atoms with van der Waals surface area (Å²) < 4.78 is 19.8. The smallest absolute Gasteiger partial charge is 0.124 e. The zero-order valence-electron chi connectivity index (χ0n) is 12.2. The second kappa shape index (κ2) is 7.57. The van der Waals surface area contributed by atoms with Gasteiger partial charge in [-0.1, -0.05) is 47.1 Å². The van der Waals surface area contributed by atoms with Gasteiger partial charge >= 0.3 is 0 Å². The number of nitrogens with one attached hydrogen (secondary N) is 1. The zero-order valence-corrected chi connectivity index (χ0v) is 13.8. The molecule has 0 bridgehead atoms. The van der Waals surface area contributed by atoms with Crippen molar-refractivity contribution in [3.63, 3.8) is 0 Å². The average Bonchev–Trinajstić information content (AvgIpc) is 2.47. The molecular formula is C17H19BrFNO. The van der Waals surface area contributed by atoms with E-state index in [2.05, 4.69) is 21.2 Å². The molecule has 0 saturated carbocycles. The number of benzene rings is 2. The molecule has 1 N–H and O–H groups in total. The Hall–Kier alpha value is -1.39. The quantitative estimate of drug-likeness (QED) is 0.815. The zero-order chi connectivity index (χ0) is 15.2. The minimum Gasteiger partial charge on any atom is -0.494 e. The monoisotopic (exact) mass is 351 g/mol. The predicted molar refractivity (Wildman–Crippen MR) is 87.2 cm³/mol. The molecule has 4 heteroatoms. The highest BCUT2D eigenvalue weighted by molar-refractivity contribution is 9.10. The molecule has 2 aromatic carbocycles. The maximum atomic E-state index is 13.3. The Kier molecular flexibility index (Phi) is 5.76. The molecule has 21 heavy (non-hydrogen) atoms. The van der Waals surface area contributed by atoms with E-state index in [1.807, 2.05) is 38.1 Å². The van der Waals surface area contributed by atoms with Gasteiger partial charge in [0.2, 0.25) is 0 Å². The third-order valence-corrected chi connectivity index (χ3v) is 3.90. The van der Waals surface area contributed by atoms with Gasteiger partial charge in [0.1, 0.15) is 11.6 Å². The predicted octanol–water partition coefficient (Wildman–Crippen LogP) is 4.69. The Balaban J connectivity index is 2.48. The summed E-state index contributed by atoms with van der Waals surface area (Å²) in [5.74, 6) is 0.598. The lowest BCUT2D eigenvalue weighted by Crippen LogP contribution is -2.23. The lowest BCUT2D eigenvalue weighted by molar-refractivity contribution is 0.333. The number of halogens is 2. The summed E-state index contributed by atoms with van der Waals surface area (Å²) in [7, 11) is 0. The van der Waals surface area contributed by atoms with Crippen molar-refractivity contribution in [1.29, 1.82) is 0 Å². The van der Waals surface area contributed by atoms with E-state index in [9.17, 15) is 4.39 Å². The second-order valence-electron chi connectivity index (χ2n) is 4.63. The van der Waals surface area contributed by atoms with Gasteiger partial charge in [0.25, 0.3) is 0 Å². The Labute approximate surface area is 133 Å². The molecule has 0 aliphatic rings. The summed E-state index contributed by atoms with van der Waals surface area (Å²) in [5, 5.41) is 3.44. The molecule has 0 aliphatic heterocycles. The number of rotatable bonds is 6. The number of hydrogen-bond donors (Lipinski definition) is 1. The number of para-hydroxylation sites is 1. The summed E-state index contributed by atoms with van der Waals surface area (Å²) in [4.78, 5) is 0. The van der Waals surface area contributed by atoms with Crippen molar-refractivity contribution in [3.05, 3.63) is 63.9 Å². The molecule has 0 fully saturated rings. The first kappa shape index (κ1) is 16.0. The third-order valence-electron chi connectivity index (χ3n) is 3.21. The lowest BCUT2D eigenvalue weighted by Gasteiger charge is -2.22. The molecule has 0 amide bonds. The van der Waals surface area contributed by atoms with Crippen LogP contribution in [0.25, 0.3) is 0 Å². The molecule has 0 heterocycles. The third kappa shape index (κ3) is 3.83. The van der Waals surface area contributed by atoms with E-state index < -0.39 is 0 Å². The normalized spacial score (nSPS) is 12.2. The van der Waals surface area contributed by atoms with E-state index in [0.717, 1.165) is 27.9 Å². The van der Waals surface area contributed by atoms with Gasteiger partial charge in [0.05, 0.1) is 12.6 Å². The van der Waals surface area contributed by atoms with Gasteiger partial charge in [0, 0.05) is 10.0 Å². The van der Waals surface area contributed by atoms with Gasteiger partial charge in [-0.15, -0.1) is 0 Å². The first-order valence-corrected chi connectivity index (χ1v) is 7.86. The number of ether oxygens (including phenoxy) is 1. The van der Waals surface area contributed by atoms with Crippen molar-refractivity contribution >= 4 is 15.9 Å². The van der Waals surface area contributed by atoms with Crippen LogP contribution in [0.2, 0.25) is 0 Å². The van der Waals surface area contributed by atoms with Crippen LogP contribution in [0.15, 0.2) is 46.9 Å². The van der Waals surface area contributed by atoms with E-state index in [-0.39, 0.29) is 11.9 Å². The van der Waals surface area contributed by atoms with E-state index in [4.69, 9.17) is 4.74 Å².